The van der Waals surface area contributed by atoms with Crippen molar-refractivity contribution < 1.29 is 14.3 Å². The average molecular weight is 373 g/mol. The third kappa shape index (κ3) is 3.62. The summed E-state index contributed by atoms with van der Waals surface area (Å²) in [7, 11) is 0. The molecule has 3 aromatic rings. The lowest BCUT2D eigenvalue weighted by atomic mass is 10.1. The first-order chi connectivity index (χ1) is 12.5. The molecule has 0 fully saturated rings. The Balaban J connectivity index is 1.83. The molecule has 26 heavy (non-hydrogen) atoms. The van der Waals surface area contributed by atoms with Crippen LogP contribution < -0.4 is 16.4 Å². The Labute approximate surface area is 154 Å². The van der Waals surface area contributed by atoms with E-state index in [0.717, 1.165) is 29.7 Å². The number of nitrogens with two attached hydrogens (primary N) is 1. The van der Waals surface area contributed by atoms with E-state index in [1.54, 1.807) is 12.1 Å². The van der Waals surface area contributed by atoms with E-state index in [1.807, 2.05) is 26.0 Å². The van der Waals surface area contributed by atoms with Gasteiger partial charge in [-0.05, 0) is 37.6 Å². The Bertz CT molecular complexity index is 921. The number of furan rings is 1. The first kappa shape index (κ1) is 17.7. The molecule has 0 saturated heterocycles. The van der Waals surface area contributed by atoms with Crippen LogP contribution in [0.3, 0.4) is 0 Å². The highest BCUT2D eigenvalue weighted by Gasteiger charge is 2.19. The summed E-state index contributed by atoms with van der Waals surface area (Å²) in [5.74, 6) is 1.67. The minimum Gasteiger partial charge on any atom is -0.505 e. The van der Waals surface area contributed by atoms with E-state index in [9.17, 15) is 9.90 Å². The van der Waals surface area contributed by atoms with E-state index < -0.39 is 5.91 Å². The number of carbonyl (C=O) groups excluding carboxylic acids is 1. The third-order valence-electron chi connectivity index (χ3n) is 3.87. The molecule has 0 spiro atoms. The molecule has 0 saturated carbocycles. The van der Waals surface area contributed by atoms with Crippen molar-refractivity contribution in [3.05, 3.63) is 47.4 Å². The molecule has 1 atom stereocenters. The molecule has 0 radical (unpaired) electrons. The maximum atomic E-state index is 11.4. The lowest BCUT2D eigenvalue weighted by molar-refractivity contribution is 0.0998. The predicted molar refractivity (Wildman–Crippen MR) is 99.9 cm³/mol. The molecule has 0 bridgehead atoms. The van der Waals surface area contributed by atoms with Crippen LogP contribution >= 0.6 is 11.7 Å². The van der Waals surface area contributed by atoms with Gasteiger partial charge in [0.05, 0.1) is 29.0 Å². The van der Waals surface area contributed by atoms with Crippen molar-refractivity contribution in [2.24, 2.45) is 5.73 Å². The molecule has 0 aliphatic heterocycles. The summed E-state index contributed by atoms with van der Waals surface area (Å²) in [4.78, 5) is 11.4. The highest BCUT2D eigenvalue weighted by atomic mass is 32.1. The summed E-state index contributed by atoms with van der Waals surface area (Å²) < 4.78 is 14.2. The van der Waals surface area contributed by atoms with Crippen LogP contribution in [-0.2, 0) is 0 Å². The Hall–Kier alpha value is -3.07. The van der Waals surface area contributed by atoms with E-state index in [-0.39, 0.29) is 17.4 Å². The third-order valence-corrected chi connectivity index (χ3v) is 4.40. The number of primary amides is 1. The monoisotopic (exact) mass is 373 g/mol. The van der Waals surface area contributed by atoms with Gasteiger partial charge in [-0.15, -0.1) is 0 Å². The standard InChI is InChI=1S/C17H19N5O3S/c1-3-11(13-8-7-9(2)25-13)19-16-17(22-26-21-16)20-12-6-4-5-10(14(12)23)15(18)24/h4-8,11,23H,3H2,1-2H3,(H2,18,24)(H,19,21)(H,20,22)/t11-/m1/s1. The van der Waals surface area contributed by atoms with Gasteiger partial charge in [-0.1, -0.05) is 13.0 Å². The van der Waals surface area contributed by atoms with Gasteiger partial charge in [0.25, 0.3) is 5.91 Å². The number of anilines is 3. The summed E-state index contributed by atoms with van der Waals surface area (Å²) in [6.07, 6.45) is 0.784. The van der Waals surface area contributed by atoms with E-state index in [1.165, 1.54) is 6.07 Å². The molecular weight excluding hydrogens is 354 g/mol. The van der Waals surface area contributed by atoms with Crippen LogP contribution in [0.15, 0.2) is 34.7 Å². The number of phenols is 1. The fourth-order valence-corrected chi connectivity index (χ4v) is 2.99. The average Bonchev–Trinajstić information content (AvgIpc) is 3.23. The maximum Gasteiger partial charge on any atom is 0.252 e. The van der Waals surface area contributed by atoms with Crippen LogP contribution in [0.1, 0.15) is 41.3 Å². The number of aromatic nitrogens is 2. The van der Waals surface area contributed by atoms with Crippen molar-refractivity contribution in [1.29, 1.82) is 0 Å². The number of benzene rings is 1. The van der Waals surface area contributed by atoms with Crippen LogP contribution in [0, 0.1) is 6.92 Å². The van der Waals surface area contributed by atoms with Gasteiger partial charge in [-0.25, -0.2) is 0 Å². The maximum absolute atomic E-state index is 11.4. The van der Waals surface area contributed by atoms with Gasteiger partial charge in [0.1, 0.15) is 11.5 Å². The molecule has 2 aromatic heterocycles. The summed E-state index contributed by atoms with van der Waals surface area (Å²) >= 11 is 1.03. The number of aryl methyl sites for hydroxylation is 1. The minimum atomic E-state index is -0.708. The largest absolute Gasteiger partial charge is 0.505 e. The SMILES string of the molecule is CC[C@@H](Nc1nsnc1Nc1cccc(C(N)=O)c1O)c1ccc(C)o1. The second kappa shape index (κ2) is 7.44. The molecule has 1 aromatic carbocycles. The van der Waals surface area contributed by atoms with E-state index >= 15 is 0 Å². The second-order valence-electron chi connectivity index (χ2n) is 5.71. The first-order valence-electron chi connectivity index (χ1n) is 8.03. The Kier molecular flexibility index (Phi) is 5.08. The number of amides is 1. The topological polar surface area (TPSA) is 126 Å². The second-order valence-corrected chi connectivity index (χ2v) is 6.23. The number of para-hydroxylation sites is 1. The van der Waals surface area contributed by atoms with Crippen molar-refractivity contribution in [3.8, 4) is 5.75 Å². The molecule has 0 aliphatic carbocycles. The van der Waals surface area contributed by atoms with Gasteiger partial charge in [-0.2, -0.15) is 8.75 Å². The number of hydrogen-bond acceptors (Lipinski definition) is 8. The molecule has 2 heterocycles. The molecule has 136 valence electrons. The summed E-state index contributed by atoms with van der Waals surface area (Å²) in [5.41, 5.74) is 5.61. The molecule has 3 rings (SSSR count). The smallest absolute Gasteiger partial charge is 0.252 e. The van der Waals surface area contributed by atoms with Gasteiger partial charge < -0.3 is 25.9 Å². The molecule has 5 N–H and O–H groups in total. The van der Waals surface area contributed by atoms with Crippen molar-refractivity contribution >= 4 is 35.0 Å². The normalized spacial score (nSPS) is 11.9. The summed E-state index contributed by atoms with van der Waals surface area (Å²) in [6.45, 7) is 3.92. The van der Waals surface area contributed by atoms with Crippen molar-refractivity contribution in [3.63, 3.8) is 0 Å². The van der Waals surface area contributed by atoms with Crippen LogP contribution in [0.5, 0.6) is 5.75 Å². The predicted octanol–water partition coefficient (Wildman–Crippen LogP) is 3.55. The molecular formula is C17H19N5O3S. The zero-order valence-electron chi connectivity index (χ0n) is 14.3. The molecule has 8 nitrogen and oxygen atoms in total. The highest BCUT2D eigenvalue weighted by molar-refractivity contribution is 6.99. The van der Waals surface area contributed by atoms with Crippen molar-refractivity contribution in [2.75, 3.05) is 10.6 Å². The lowest BCUT2D eigenvalue weighted by Crippen LogP contribution is -2.12. The molecule has 0 unspecified atom stereocenters. The number of nitrogens with one attached hydrogen (secondary N) is 2. The fraction of sp³-hybridized carbons (Fsp3) is 0.235. The minimum absolute atomic E-state index is 0.0326. The quantitative estimate of drug-likeness (QED) is 0.466. The zero-order valence-corrected chi connectivity index (χ0v) is 15.1. The van der Waals surface area contributed by atoms with Gasteiger partial charge in [0.15, 0.2) is 17.4 Å². The Morgan fingerprint density at radius 1 is 1.31 bits per heavy atom. The number of nitrogens with zero attached hydrogens (tertiary/aromatic N) is 2. The number of rotatable bonds is 7. The van der Waals surface area contributed by atoms with Crippen LogP contribution in [0.25, 0.3) is 0 Å². The Morgan fingerprint density at radius 3 is 2.73 bits per heavy atom. The van der Waals surface area contributed by atoms with E-state index in [0.29, 0.717) is 17.3 Å². The van der Waals surface area contributed by atoms with E-state index in [2.05, 4.69) is 19.4 Å². The van der Waals surface area contributed by atoms with Crippen molar-refractivity contribution in [1.82, 2.24) is 8.75 Å². The zero-order chi connectivity index (χ0) is 18.7. The highest BCUT2D eigenvalue weighted by Crippen LogP contribution is 2.33. The lowest BCUT2D eigenvalue weighted by Gasteiger charge is -2.15. The summed E-state index contributed by atoms with van der Waals surface area (Å²) in [6, 6.07) is 8.46. The van der Waals surface area contributed by atoms with E-state index in [4.69, 9.17) is 10.2 Å². The van der Waals surface area contributed by atoms with Gasteiger partial charge >= 0.3 is 0 Å². The van der Waals surface area contributed by atoms with Crippen LogP contribution in [0.4, 0.5) is 17.3 Å². The molecule has 0 aliphatic rings. The number of aromatic hydroxyl groups is 1. The fourth-order valence-electron chi connectivity index (χ4n) is 2.52. The van der Waals surface area contributed by atoms with Crippen LogP contribution in [-0.4, -0.2) is 19.8 Å². The number of carbonyl (C=O) groups is 1. The van der Waals surface area contributed by atoms with Gasteiger partial charge in [0, 0.05) is 0 Å². The first-order valence-corrected chi connectivity index (χ1v) is 8.76. The Morgan fingerprint density at radius 2 is 2.08 bits per heavy atom. The van der Waals surface area contributed by atoms with Gasteiger partial charge in [-0.3, -0.25) is 4.79 Å². The molecule has 9 heteroatoms. The summed E-state index contributed by atoms with van der Waals surface area (Å²) in [5, 5.41) is 16.5. The molecule has 1 amide bonds. The van der Waals surface area contributed by atoms with Crippen LogP contribution in [0.2, 0.25) is 0 Å². The van der Waals surface area contributed by atoms with Gasteiger partial charge in [0.2, 0.25) is 0 Å². The van der Waals surface area contributed by atoms with Crippen molar-refractivity contribution in [2.45, 2.75) is 26.3 Å². The number of hydrogen-bond donors (Lipinski definition) is 4.